The first-order valence-corrected chi connectivity index (χ1v) is 12.4. The van der Waals surface area contributed by atoms with E-state index in [4.69, 9.17) is 0 Å². The van der Waals surface area contributed by atoms with Gasteiger partial charge in [0, 0.05) is 23.3 Å². The Labute approximate surface area is 182 Å². The van der Waals surface area contributed by atoms with Crippen LogP contribution in [-0.4, -0.2) is 30.3 Å². The van der Waals surface area contributed by atoms with Gasteiger partial charge in [-0.25, -0.2) is 18.1 Å². The van der Waals surface area contributed by atoms with Crippen molar-refractivity contribution < 1.29 is 8.42 Å². The molecule has 0 atom stereocenters. The van der Waals surface area contributed by atoms with E-state index >= 15 is 0 Å². The third-order valence-electron chi connectivity index (χ3n) is 4.11. The number of thioether (sulfide) groups is 1. The van der Waals surface area contributed by atoms with Crippen LogP contribution in [-0.2, 0) is 16.6 Å². The standard InChI is InChI=1S/C20H22BrN3O3S2/c1-14(2)13-24-19(25)17-12-15(21)8-9-18(17)23-20(24)28-11-10-22-29(26,27)16-6-4-3-5-7-16/h3-9,12,14,22H,10-11,13H2,1-2H3. The summed E-state index contributed by atoms with van der Waals surface area (Å²) in [7, 11) is -3.55. The van der Waals surface area contributed by atoms with Crippen molar-refractivity contribution in [3.05, 3.63) is 63.4 Å². The lowest BCUT2D eigenvalue weighted by Gasteiger charge is -2.15. The molecular formula is C20H22BrN3O3S2. The highest BCUT2D eigenvalue weighted by Crippen LogP contribution is 2.21. The molecule has 0 aliphatic heterocycles. The van der Waals surface area contributed by atoms with Crippen LogP contribution < -0.4 is 10.3 Å². The van der Waals surface area contributed by atoms with Crippen molar-refractivity contribution in [3.8, 4) is 0 Å². The van der Waals surface area contributed by atoms with Crippen molar-refractivity contribution in [1.29, 1.82) is 0 Å². The van der Waals surface area contributed by atoms with Crippen LogP contribution in [0.3, 0.4) is 0 Å². The molecule has 2 aromatic carbocycles. The summed E-state index contributed by atoms with van der Waals surface area (Å²) >= 11 is 4.77. The monoisotopic (exact) mass is 495 g/mol. The van der Waals surface area contributed by atoms with Gasteiger partial charge >= 0.3 is 0 Å². The molecule has 1 N–H and O–H groups in total. The topological polar surface area (TPSA) is 81.1 Å². The van der Waals surface area contributed by atoms with E-state index in [-0.39, 0.29) is 22.9 Å². The highest BCUT2D eigenvalue weighted by Gasteiger charge is 2.15. The normalized spacial score (nSPS) is 12.0. The van der Waals surface area contributed by atoms with Gasteiger partial charge in [0.15, 0.2) is 5.16 Å². The summed E-state index contributed by atoms with van der Waals surface area (Å²) in [6.07, 6.45) is 0. The molecule has 1 aromatic heterocycles. The van der Waals surface area contributed by atoms with Crippen molar-refractivity contribution in [2.24, 2.45) is 5.92 Å². The minimum atomic E-state index is -3.55. The van der Waals surface area contributed by atoms with Gasteiger partial charge in [0.1, 0.15) is 0 Å². The van der Waals surface area contributed by atoms with Gasteiger partial charge in [-0.3, -0.25) is 9.36 Å². The molecular weight excluding hydrogens is 474 g/mol. The SMILES string of the molecule is CC(C)Cn1c(SCCNS(=O)(=O)c2ccccc2)nc2ccc(Br)cc2c1=O. The van der Waals surface area contributed by atoms with E-state index < -0.39 is 10.0 Å². The fraction of sp³-hybridized carbons (Fsp3) is 0.300. The van der Waals surface area contributed by atoms with Gasteiger partial charge in [0.2, 0.25) is 10.0 Å². The Morgan fingerprint density at radius 2 is 1.90 bits per heavy atom. The fourth-order valence-corrected chi connectivity index (χ4v) is 5.22. The molecule has 0 saturated heterocycles. The molecule has 0 spiro atoms. The van der Waals surface area contributed by atoms with Gasteiger partial charge in [0.05, 0.1) is 15.8 Å². The van der Waals surface area contributed by atoms with Gasteiger partial charge in [-0.1, -0.05) is 59.7 Å². The largest absolute Gasteiger partial charge is 0.287 e. The number of hydrogen-bond acceptors (Lipinski definition) is 5. The summed E-state index contributed by atoms with van der Waals surface area (Å²) in [6, 6.07) is 13.7. The minimum Gasteiger partial charge on any atom is -0.287 e. The molecule has 29 heavy (non-hydrogen) atoms. The number of fused-ring (bicyclic) bond motifs is 1. The lowest BCUT2D eigenvalue weighted by atomic mass is 10.2. The third kappa shape index (κ3) is 5.48. The summed E-state index contributed by atoms with van der Waals surface area (Å²) in [4.78, 5) is 17.9. The Bertz CT molecular complexity index is 1160. The number of sulfonamides is 1. The lowest BCUT2D eigenvalue weighted by molar-refractivity contribution is 0.475. The smallest absolute Gasteiger partial charge is 0.262 e. The summed E-state index contributed by atoms with van der Waals surface area (Å²) in [6.45, 7) is 4.87. The molecule has 0 fully saturated rings. The molecule has 6 nitrogen and oxygen atoms in total. The number of rotatable bonds is 8. The zero-order valence-corrected chi connectivity index (χ0v) is 19.4. The number of nitrogens with one attached hydrogen (secondary N) is 1. The zero-order chi connectivity index (χ0) is 21.0. The molecule has 154 valence electrons. The van der Waals surface area contributed by atoms with E-state index in [1.165, 1.54) is 11.8 Å². The molecule has 0 saturated carbocycles. The number of aromatic nitrogens is 2. The van der Waals surface area contributed by atoms with Crippen molar-refractivity contribution in [3.63, 3.8) is 0 Å². The van der Waals surface area contributed by atoms with Gasteiger partial charge < -0.3 is 0 Å². The highest BCUT2D eigenvalue weighted by atomic mass is 79.9. The average Bonchev–Trinajstić information content (AvgIpc) is 2.69. The molecule has 3 rings (SSSR count). The molecule has 0 unspecified atom stereocenters. The summed E-state index contributed by atoms with van der Waals surface area (Å²) in [5.41, 5.74) is 0.544. The van der Waals surface area contributed by atoms with Crippen LogP contribution in [0.2, 0.25) is 0 Å². The van der Waals surface area contributed by atoms with E-state index in [1.807, 2.05) is 26.0 Å². The highest BCUT2D eigenvalue weighted by molar-refractivity contribution is 9.10. The Morgan fingerprint density at radius 3 is 2.59 bits per heavy atom. The van der Waals surface area contributed by atoms with Gasteiger partial charge in [-0.15, -0.1) is 0 Å². The summed E-state index contributed by atoms with van der Waals surface area (Å²) < 4.78 is 29.7. The van der Waals surface area contributed by atoms with Crippen molar-refractivity contribution in [2.45, 2.75) is 30.4 Å². The van der Waals surface area contributed by atoms with E-state index in [0.29, 0.717) is 28.4 Å². The summed E-state index contributed by atoms with van der Waals surface area (Å²) in [5, 5.41) is 1.16. The maximum atomic E-state index is 13.0. The first-order valence-electron chi connectivity index (χ1n) is 9.15. The third-order valence-corrected chi connectivity index (χ3v) is 7.06. The number of halogens is 1. The quantitative estimate of drug-likeness (QED) is 0.291. The maximum Gasteiger partial charge on any atom is 0.262 e. The van der Waals surface area contributed by atoms with Crippen molar-refractivity contribution in [1.82, 2.24) is 14.3 Å². The van der Waals surface area contributed by atoms with Gasteiger partial charge in [0.25, 0.3) is 5.56 Å². The van der Waals surface area contributed by atoms with Gasteiger partial charge in [-0.2, -0.15) is 0 Å². The van der Waals surface area contributed by atoms with Crippen LogP contribution in [0.4, 0.5) is 0 Å². The molecule has 1 heterocycles. The van der Waals surface area contributed by atoms with E-state index in [0.717, 1.165) is 4.47 Å². The average molecular weight is 496 g/mol. The molecule has 0 aliphatic rings. The van der Waals surface area contributed by atoms with Crippen molar-refractivity contribution in [2.75, 3.05) is 12.3 Å². The number of benzene rings is 2. The molecule has 3 aromatic rings. The van der Waals surface area contributed by atoms with Crippen LogP contribution in [0.5, 0.6) is 0 Å². The molecule has 0 aliphatic carbocycles. The van der Waals surface area contributed by atoms with Crippen LogP contribution in [0.1, 0.15) is 13.8 Å². The minimum absolute atomic E-state index is 0.0858. The van der Waals surface area contributed by atoms with E-state index in [9.17, 15) is 13.2 Å². The first-order chi connectivity index (χ1) is 13.8. The Hall–Kier alpha value is -1.68. The van der Waals surface area contributed by atoms with Crippen LogP contribution >= 0.6 is 27.7 Å². The first kappa shape index (κ1) is 22.0. The molecule has 0 bridgehead atoms. The van der Waals surface area contributed by atoms with E-state index in [2.05, 4.69) is 25.6 Å². The van der Waals surface area contributed by atoms with Crippen molar-refractivity contribution >= 4 is 48.6 Å². The predicted octanol–water partition coefficient (Wildman–Crippen LogP) is 3.89. The van der Waals surface area contributed by atoms with Crippen LogP contribution in [0.25, 0.3) is 10.9 Å². The zero-order valence-electron chi connectivity index (χ0n) is 16.1. The second-order valence-corrected chi connectivity index (χ2v) is 10.7. The molecule has 0 amide bonds. The lowest BCUT2D eigenvalue weighted by Crippen LogP contribution is -2.27. The predicted molar refractivity (Wildman–Crippen MR) is 121 cm³/mol. The number of nitrogens with zero attached hydrogens (tertiary/aromatic N) is 2. The maximum absolute atomic E-state index is 13.0. The fourth-order valence-electron chi connectivity index (χ4n) is 2.81. The van der Waals surface area contributed by atoms with Crippen LogP contribution in [0.15, 0.2) is 67.9 Å². The summed E-state index contributed by atoms with van der Waals surface area (Å²) in [5.74, 6) is 0.730. The molecule has 9 heteroatoms. The second kappa shape index (κ2) is 9.42. The van der Waals surface area contributed by atoms with E-state index in [1.54, 1.807) is 41.0 Å². The Balaban J connectivity index is 1.78. The Kier molecular flexibility index (Phi) is 7.15. The Morgan fingerprint density at radius 1 is 1.17 bits per heavy atom. The number of hydrogen-bond donors (Lipinski definition) is 1. The van der Waals surface area contributed by atoms with Gasteiger partial charge in [-0.05, 0) is 36.2 Å². The second-order valence-electron chi connectivity index (χ2n) is 6.92. The molecule has 0 radical (unpaired) electrons. The van der Waals surface area contributed by atoms with Crippen LogP contribution in [0, 0.1) is 5.92 Å².